The van der Waals surface area contributed by atoms with Crippen molar-refractivity contribution in [2.75, 3.05) is 0 Å². The number of aliphatic imine (C=N–C) groups is 1. The second-order valence-electron chi connectivity index (χ2n) is 4.71. The molecule has 0 saturated heterocycles. The van der Waals surface area contributed by atoms with Crippen molar-refractivity contribution in [2.24, 2.45) is 17.8 Å². The van der Waals surface area contributed by atoms with E-state index in [1.807, 2.05) is 32.3 Å². The second kappa shape index (κ2) is 6.83. The number of nitrogens with one attached hydrogen (secondary N) is 1. The van der Waals surface area contributed by atoms with Gasteiger partial charge in [0.25, 0.3) is 0 Å². The molecule has 0 spiro atoms. The van der Waals surface area contributed by atoms with Gasteiger partial charge in [0, 0.05) is 23.3 Å². The first-order valence-corrected chi connectivity index (χ1v) is 7.21. The largest absolute Gasteiger partial charge is 0.370 e. The van der Waals surface area contributed by atoms with Gasteiger partial charge in [-0.05, 0) is 30.7 Å². The van der Waals surface area contributed by atoms with Crippen LogP contribution in [-0.2, 0) is 13.6 Å². The molecule has 21 heavy (non-hydrogen) atoms. The predicted molar refractivity (Wildman–Crippen MR) is 86.5 cm³/mol. The third kappa shape index (κ3) is 4.37. The van der Waals surface area contributed by atoms with Crippen molar-refractivity contribution in [3.05, 3.63) is 51.8 Å². The topological polar surface area (TPSA) is 68.2 Å². The Morgan fingerprint density at radius 2 is 2.19 bits per heavy atom. The quantitative estimate of drug-likeness (QED) is 0.670. The highest BCUT2D eigenvalue weighted by Crippen LogP contribution is 2.25. The molecule has 2 aromatic rings. The van der Waals surface area contributed by atoms with Crippen molar-refractivity contribution in [1.82, 2.24) is 15.1 Å². The first kappa shape index (κ1) is 15.7. The highest BCUT2D eigenvalue weighted by Gasteiger charge is 2.10. The highest BCUT2D eigenvalue weighted by atomic mass is 35.5. The number of rotatable bonds is 4. The van der Waals surface area contributed by atoms with Gasteiger partial charge in [-0.2, -0.15) is 5.10 Å². The summed E-state index contributed by atoms with van der Waals surface area (Å²) in [6, 6.07) is 7.20. The minimum absolute atomic E-state index is 0.0674. The average Bonchev–Trinajstić information content (AvgIpc) is 2.82. The number of nitrogens with zero attached hydrogens (tertiary/aromatic N) is 3. The smallest absolute Gasteiger partial charge is 0.189 e. The fourth-order valence-corrected chi connectivity index (χ4v) is 2.48. The standard InChI is InChI=1S/C14H17Cl2N5/c1-9(12-4-3-10(15)7-13(12)16)19-14(17)18-8-11-5-6-21(2)20-11/h3-7,9H,8H2,1-2H3,(H3,17,18,19). The summed E-state index contributed by atoms with van der Waals surface area (Å²) in [6.45, 7) is 2.39. The van der Waals surface area contributed by atoms with E-state index in [1.165, 1.54) is 0 Å². The molecule has 1 atom stereocenters. The first-order chi connectivity index (χ1) is 9.95. The summed E-state index contributed by atoms with van der Waals surface area (Å²) in [4.78, 5) is 4.26. The van der Waals surface area contributed by atoms with E-state index in [1.54, 1.807) is 16.8 Å². The van der Waals surface area contributed by atoms with Crippen LogP contribution in [0.4, 0.5) is 0 Å². The number of hydrogen-bond acceptors (Lipinski definition) is 2. The molecule has 112 valence electrons. The van der Waals surface area contributed by atoms with Crippen molar-refractivity contribution >= 4 is 29.2 Å². The molecule has 0 saturated carbocycles. The fourth-order valence-electron chi connectivity index (χ4n) is 1.91. The van der Waals surface area contributed by atoms with E-state index in [0.29, 0.717) is 22.5 Å². The molecule has 3 N–H and O–H groups in total. The summed E-state index contributed by atoms with van der Waals surface area (Å²) in [7, 11) is 1.86. The van der Waals surface area contributed by atoms with Gasteiger partial charge in [0.15, 0.2) is 5.96 Å². The van der Waals surface area contributed by atoms with Crippen LogP contribution >= 0.6 is 23.2 Å². The van der Waals surface area contributed by atoms with Gasteiger partial charge >= 0.3 is 0 Å². The van der Waals surface area contributed by atoms with Crippen LogP contribution in [0.25, 0.3) is 0 Å². The highest BCUT2D eigenvalue weighted by molar-refractivity contribution is 6.35. The molecule has 0 bridgehead atoms. The Hall–Kier alpha value is -1.72. The van der Waals surface area contributed by atoms with Gasteiger partial charge in [-0.1, -0.05) is 29.3 Å². The zero-order chi connectivity index (χ0) is 15.4. The molecule has 0 fully saturated rings. The van der Waals surface area contributed by atoms with Gasteiger partial charge in [-0.25, -0.2) is 4.99 Å². The van der Waals surface area contributed by atoms with Crippen LogP contribution in [0.5, 0.6) is 0 Å². The first-order valence-electron chi connectivity index (χ1n) is 6.45. The summed E-state index contributed by atoms with van der Waals surface area (Å²) in [6.07, 6.45) is 1.87. The number of hydrogen-bond donors (Lipinski definition) is 2. The van der Waals surface area contributed by atoms with Crippen LogP contribution in [-0.4, -0.2) is 15.7 Å². The molecule has 7 heteroatoms. The lowest BCUT2D eigenvalue weighted by Crippen LogP contribution is -2.34. The maximum atomic E-state index is 6.17. The lowest BCUT2D eigenvalue weighted by molar-refractivity contribution is 0.704. The van der Waals surface area contributed by atoms with Gasteiger partial charge in [0.05, 0.1) is 18.3 Å². The van der Waals surface area contributed by atoms with E-state index in [9.17, 15) is 0 Å². The molecule has 0 aliphatic carbocycles. The summed E-state index contributed by atoms with van der Waals surface area (Å²) >= 11 is 12.1. The zero-order valence-corrected chi connectivity index (χ0v) is 13.4. The van der Waals surface area contributed by atoms with Crippen LogP contribution in [0.15, 0.2) is 35.5 Å². The Bertz CT molecular complexity index is 651. The van der Waals surface area contributed by atoms with E-state index < -0.39 is 0 Å². The number of benzene rings is 1. The SMILES string of the molecule is CC(NC(N)=NCc1ccn(C)n1)c1ccc(Cl)cc1Cl. The van der Waals surface area contributed by atoms with Crippen molar-refractivity contribution in [3.63, 3.8) is 0 Å². The molecule has 1 aromatic heterocycles. The van der Waals surface area contributed by atoms with Crippen molar-refractivity contribution in [2.45, 2.75) is 19.5 Å². The molecular weight excluding hydrogens is 309 g/mol. The molecule has 1 unspecified atom stereocenters. The van der Waals surface area contributed by atoms with Crippen molar-refractivity contribution in [1.29, 1.82) is 0 Å². The van der Waals surface area contributed by atoms with Crippen LogP contribution in [0.2, 0.25) is 10.0 Å². The van der Waals surface area contributed by atoms with Crippen LogP contribution in [0.1, 0.15) is 24.2 Å². The summed E-state index contributed by atoms with van der Waals surface area (Å²) in [5.74, 6) is 0.346. The molecule has 0 aliphatic rings. The maximum absolute atomic E-state index is 6.17. The van der Waals surface area contributed by atoms with Gasteiger partial charge < -0.3 is 11.1 Å². The Morgan fingerprint density at radius 3 is 2.81 bits per heavy atom. The molecule has 2 rings (SSSR count). The lowest BCUT2D eigenvalue weighted by atomic mass is 10.1. The summed E-state index contributed by atoms with van der Waals surface area (Å²) in [5, 5.41) is 8.54. The minimum Gasteiger partial charge on any atom is -0.370 e. The van der Waals surface area contributed by atoms with Gasteiger partial charge in [0.1, 0.15) is 0 Å². The fraction of sp³-hybridized carbons (Fsp3) is 0.286. The minimum atomic E-state index is -0.0674. The average molecular weight is 326 g/mol. The number of nitrogens with two attached hydrogens (primary N) is 1. The van der Waals surface area contributed by atoms with Crippen LogP contribution in [0.3, 0.4) is 0 Å². The van der Waals surface area contributed by atoms with Crippen LogP contribution < -0.4 is 11.1 Å². The van der Waals surface area contributed by atoms with Crippen molar-refractivity contribution in [3.8, 4) is 0 Å². The number of aryl methyl sites for hydroxylation is 1. The number of halogens is 2. The number of aromatic nitrogens is 2. The number of guanidine groups is 1. The van der Waals surface area contributed by atoms with E-state index in [4.69, 9.17) is 28.9 Å². The van der Waals surface area contributed by atoms with Gasteiger partial charge in [0.2, 0.25) is 0 Å². The Kier molecular flexibility index (Phi) is 5.09. The van der Waals surface area contributed by atoms with Gasteiger partial charge in [-0.15, -0.1) is 0 Å². The molecule has 0 amide bonds. The lowest BCUT2D eigenvalue weighted by Gasteiger charge is -2.16. The Balaban J connectivity index is 1.99. The predicted octanol–water partition coefficient (Wildman–Crippen LogP) is 2.89. The Labute approximate surface area is 133 Å². The normalized spacial score (nSPS) is 13.2. The second-order valence-corrected chi connectivity index (χ2v) is 5.56. The molecule has 5 nitrogen and oxygen atoms in total. The maximum Gasteiger partial charge on any atom is 0.189 e. The Morgan fingerprint density at radius 1 is 1.43 bits per heavy atom. The van der Waals surface area contributed by atoms with E-state index in [0.717, 1.165) is 11.3 Å². The van der Waals surface area contributed by atoms with Gasteiger partial charge in [-0.3, -0.25) is 4.68 Å². The third-order valence-electron chi connectivity index (χ3n) is 2.97. The molecule has 1 aromatic carbocycles. The molecule has 0 aliphatic heterocycles. The van der Waals surface area contributed by atoms with E-state index >= 15 is 0 Å². The zero-order valence-electron chi connectivity index (χ0n) is 11.8. The molecule has 0 radical (unpaired) electrons. The third-order valence-corrected chi connectivity index (χ3v) is 3.54. The van der Waals surface area contributed by atoms with Crippen molar-refractivity contribution < 1.29 is 0 Å². The van der Waals surface area contributed by atoms with E-state index in [-0.39, 0.29) is 6.04 Å². The van der Waals surface area contributed by atoms with E-state index in [2.05, 4.69) is 15.4 Å². The molecule has 1 heterocycles. The summed E-state index contributed by atoms with van der Waals surface area (Å²) < 4.78 is 1.73. The monoisotopic (exact) mass is 325 g/mol. The van der Waals surface area contributed by atoms with Crippen LogP contribution in [0, 0.1) is 0 Å². The summed E-state index contributed by atoms with van der Waals surface area (Å²) in [5.41, 5.74) is 7.66. The molecular formula is C14H17Cl2N5.